The van der Waals surface area contributed by atoms with Gasteiger partial charge in [-0.1, -0.05) is 0 Å². The minimum atomic E-state index is -1.33. The van der Waals surface area contributed by atoms with Gasteiger partial charge in [-0.2, -0.15) is 0 Å². The summed E-state index contributed by atoms with van der Waals surface area (Å²) in [5, 5.41) is 2.87. The van der Waals surface area contributed by atoms with Crippen LogP contribution in [0.1, 0.15) is 5.82 Å². The van der Waals surface area contributed by atoms with Crippen LogP contribution in [-0.4, -0.2) is 46.8 Å². The molecule has 0 radical (unpaired) electrons. The van der Waals surface area contributed by atoms with E-state index >= 15 is 0 Å². The molecule has 0 unspecified atom stereocenters. The molecule has 1 amide bonds. The van der Waals surface area contributed by atoms with Crippen LogP contribution in [0.3, 0.4) is 0 Å². The summed E-state index contributed by atoms with van der Waals surface area (Å²) in [6.07, 6.45) is 10.8. The van der Waals surface area contributed by atoms with Gasteiger partial charge in [0, 0.05) is 0 Å². The molecule has 1 aliphatic heterocycles. The van der Waals surface area contributed by atoms with Crippen molar-refractivity contribution in [3.63, 3.8) is 0 Å². The van der Waals surface area contributed by atoms with Crippen LogP contribution in [-0.2, 0) is 11.3 Å². The van der Waals surface area contributed by atoms with Crippen LogP contribution < -0.4 is 8.20 Å². The van der Waals surface area contributed by atoms with Crippen LogP contribution in [0, 0.1) is 0 Å². The molecule has 1 aliphatic rings. The summed E-state index contributed by atoms with van der Waals surface area (Å²) in [6.45, 7) is 0.354. The summed E-state index contributed by atoms with van der Waals surface area (Å²) in [7, 11) is 0. The van der Waals surface area contributed by atoms with E-state index in [1.807, 2.05) is 30.6 Å². The topological polar surface area (TPSA) is 71.0 Å². The average molecular weight is 381 g/mol. The maximum absolute atomic E-state index is 12.1. The van der Waals surface area contributed by atoms with E-state index < -0.39 is 22.7 Å². The standard InChI is InChI=1S/C14H12N5O.In/c20-14(19-11-13-17-8-3-9-18-13)5-2-7-16-12-4-1-6-15-10-12;/h1-4,6-10H,11H2,(H,19,20);/q-1;+1. The fraction of sp³-hybridized carbons (Fsp3) is 0.0714. The van der Waals surface area contributed by atoms with E-state index in [1.54, 1.807) is 24.7 Å². The van der Waals surface area contributed by atoms with Gasteiger partial charge in [0.15, 0.2) is 0 Å². The van der Waals surface area contributed by atoms with E-state index in [0.29, 0.717) is 12.4 Å². The van der Waals surface area contributed by atoms with Gasteiger partial charge >= 0.3 is 133 Å². The van der Waals surface area contributed by atoms with Gasteiger partial charge in [-0.3, -0.25) is 0 Å². The van der Waals surface area contributed by atoms with Crippen molar-refractivity contribution >= 4 is 37.6 Å². The molecule has 2 aromatic heterocycles. The zero-order valence-electron chi connectivity index (χ0n) is 11.2. The summed E-state index contributed by atoms with van der Waals surface area (Å²) >= 11 is -1.33. The Bertz CT molecular complexity index is 687. The average Bonchev–Trinajstić information content (AvgIpc) is 3.04. The zero-order chi connectivity index (χ0) is 14.5. The number of hydrogen-bond donors (Lipinski definition) is 1. The van der Waals surface area contributed by atoms with Crippen molar-refractivity contribution in [3.8, 4) is 0 Å². The van der Waals surface area contributed by atoms with Gasteiger partial charge in [0.1, 0.15) is 0 Å². The van der Waals surface area contributed by atoms with Crippen LogP contribution in [0.5, 0.6) is 0 Å². The predicted octanol–water partition coefficient (Wildman–Crippen LogP) is 0.313. The summed E-state index contributed by atoms with van der Waals surface area (Å²) in [5.74, 6) is 0.594. The third-order valence-electron chi connectivity index (χ3n) is 2.93. The molecular formula is C14H12InN5O. The van der Waals surface area contributed by atoms with Gasteiger partial charge in [0.05, 0.1) is 0 Å². The first kappa shape index (κ1) is 13.9. The van der Waals surface area contributed by atoms with E-state index in [-0.39, 0.29) is 5.91 Å². The number of anilines is 1. The molecular weight excluding hydrogens is 369 g/mol. The first-order valence-corrected chi connectivity index (χ1v) is 9.57. The second-order valence-electron chi connectivity index (χ2n) is 4.37. The normalized spacial score (nSPS) is 12.8. The monoisotopic (exact) mass is 381 g/mol. The number of hydrogen-bond acceptors (Lipinski definition) is 5. The molecule has 102 valence electrons. The molecule has 0 saturated carbocycles. The number of nitrogens with zero attached hydrogens (tertiary/aromatic N) is 4. The Kier molecular flexibility index (Phi) is 4.40. The SMILES string of the molecule is O=C(NCc1ncccn1)[C]1=[In][N](c2cccnc2)C=C1. The minimum absolute atomic E-state index is 0.0220. The number of carbonyl (C=O) groups excluding carboxylic acids is 1. The van der Waals surface area contributed by atoms with E-state index in [2.05, 4.69) is 23.2 Å². The molecule has 0 atom stereocenters. The fourth-order valence-corrected chi connectivity index (χ4v) is 5.21. The molecule has 0 aliphatic carbocycles. The molecule has 21 heavy (non-hydrogen) atoms. The first-order valence-electron chi connectivity index (χ1n) is 6.45. The van der Waals surface area contributed by atoms with E-state index in [9.17, 15) is 4.79 Å². The molecule has 3 rings (SSSR count). The summed E-state index contributed by atoms with van der Waals surface area (Å²) in [6, 6.07) is 5.65. The van der Waals surface area contributed by atoms with Crippen LogP contribution in [0.4, 0.5) is 5.69 Å². The maximum atomic E-state index is 12.1. The molecule has 0 spiro atoms. The molecule has 3 heterocycles. The number of nitrogens with one attached hydrogen (secondary N) is 1. The third kappa shape index (κ3) is 3.55. The van der Waals surface area contributed by atoms with Crippen molar-refractivity contribution in [2.75, 3.05) is 2.89 Å². The van der Waals surface area contributed by atoms with E-state index in [4.69, 9.17) is 0 Å². The van der Waals surface area contributed by atoms with Crippen molar-refractivity contribution in [1.82, 2.24) is 20.3 Å². The van der Waals surface area contributed by atoms with Crippen molar-refractivity contribution in [2.45, 2.75) is 6.54 Å². The van der Waals surface area contributed by atoms with Crippen molar-refractivity contribution < 1.29 is 4.79 Å². The van der Waals surface area contributed by atoms with Gasteiger partial charge in [-0.25, -0.2) is 0 Å². The zero-order valence-corrected chi connectivity index (χ0v) is 14.5. The van der Waals surface area contributed by atoms with Crippen LogP contribution in [0.15, 0.2) is 55.3 Å². The molecule has 0 aromatic carbocycles. The van der Waals surface area contributed by atoms with Crippen LogP contribution in [0.2, 0.25) is 0 Å². The molecule has 7 heteroatoms. The van der Waals surface area contributed by atoms with Crippen molar-refractivity contribution in [1.29, 1.82) is 0 Å². The van der Waals surface area contributed by atoms with Gasteiger partial charge < -0.3 is 0 Å². The third-order valence-corrected chi connectivity index (χ3v) is 7.15. The van der Waals surface area contributed by atoms with E-state index in [0.717, 1.165) is 8.94 Å². The van der Waals surface area contributed by atoms with E-state index in [1.165, 1.54) is 0 Å². The Morgan fingerprint density at radius 3 is 2.86 bits per heavy atom. The summed E-state index contributed by atoms with van der Waals surface area (Å²) < 4.78 is 3.06. The van der Waals surface area contributed by atoms with Crippen molar-refractivity contribution in [2.24, 2.45) is 0 Å². The van der Waals surface area contributed by atoms with Crippen LogP contribution in [0.25, 0.3) is 0 Å². The Hall–Kier alpha value is -2.02. The Morgan fingerprint density at radius 2 is 2.10 bits per heavy atom. The van der Waals surface area contributed by atoms with Crippen molar-refractivity contribution in [3.05, 3.63) is 61.1 Å². The molecule has 2 aromatic rings. The Balaban J connectivity index is 1.63. The predicted molar refractivity (Wildman–Crippen MR) is 80.5 cm³/mol. The van der Waals surface area contributed by atoms with Gasteiger partial charge in [0.25, 0.3) is 0 Å². The number of pyridine rings is 1. The Labute approximate surface area is 133 Å². The second-order valence-corrected chi connectivity index (χ2v) is 8.47. The van der Waals surface area contributed by atoms with Gasteiger partial charge in [-0.05, 0) is 0 Å². The number of aromatic nitrogens is 3. The first-order chi connectivity index (χ1) is 10.3. The number of carbonyl (C=O) groups is 1. The number of amides is 1. The summed E-state index contributed by atoms with van der Waals surface area (Å²) in [5.41, 5.74) is 1.05. The molecule has 6 nitrogen and oxygen atoms in total. The molecule has 1 N–H and O–H groups in total. The molecule has 0 bridgehead atoms. The second kappa shape index (κ2) is 6.62. The van der Waals surface area contributed by atoms with Gasteiger partial charge in [-0.15, -0.1) is 0 Å². The molecule has 0 fully saturated rings. The fourth-order valence-electron chi connectivity index (χ4n) is 1.88. The quantitative estimate of drug-likeness (QED) is 0.826. The summed E-state index contributed by atoms with van der Waals surface area (Å²) in [4.78, 5) is 24.4. The van der Waals surface area contributed by atoms with Gasteiger partial charge in [0.2, 0.25) is 0 Å². The number of rotatable bonds is 4. The van der Waals surface area contributed by atoms with Crippen LogP contribution >= 0.6 is 0 Å². The molecule has 0 saturated heterocycles. The Morgan fingerprint density at radius 1 is 1.24 bits per heavy atom.